The molecule has 0 amide bonds. The fraction of sp³-hybridized carbons (Fsp3) is 0.577. The van der Waals surface area contributed by atoms with Gasteiger partial charge in [0.25, 0.3) is 0 Å². The molecule has 0 saturated heterocycles. The fourth-order valence-electron chi connectivity index (χ4n) is 14.7. The SMILES string of the molecule is C=Cc1ccc(/C=C/c2ccc(/C=C/c3ccc(C=C)c(-c4cc(OCCC(C)CCCC(C)C)cc(OCCC(C)CCCC(C)C)c4)c3)c(-c3cc(OCCC(C)CCCC(C)C)cc(OCCC(C)CCCC(C)C)c3)c2)cc1-c1cc(OCCC(C)CCCC(C)C)cc(OCCC(C)CCCC(C)C)c1. The molecule has 6 aromatic carbocycles. The lowest BCUT2D eigenvalue weighted by atomic mass is 9.94. The van der Waals surface area contributed by atoms with Gasteiger partial charge in [-0.05, 0) is 231 Å². The van der Waals surface area contributed by atoms with Crippen LogP contribution in [0.3, 0.4) is 0 Å². The lowest BCUT2D eigenvalue weighted by Crippen LogP contribution is -2.06. The Hall–Kier alpha value is -6.92. The van der Waals surface area contributed by atoms with Crippen molar-refractivity contribution in [2.75, 3.05) is 39.6 Å². The highest BCUT2D eigenvalue weighted by Crippen LogP contribution is 2.39. The van der Waals surface area contributed by atoms with E-state index in [2.05, 4.69) is 271 Å². The molecule has 0 aliphatic heterocycles. The highest BCUT2D eigenvalue weighted by atomic mass is 16.5. The summed E-state index contributed by atoms with van der Waals surface area (Å²) in [5, 5.41) is 0. The molecule has 110 heavy (non-hydrogen) atoms. The van der Waals surface area contributed by atoms with Crippen LogP contribution in [0.4, 0.5) is 0 Å². The summed E-state index contributed by atoms with van der Waals surface area (Å²) in [5.74, 6) is 12.9. The molecule has 0 saturated carbocycles. The maximum atomic E-state index is 6.83. The van der Waals surface area contributed by atoms with Crippen molar-refractivity contribution in [1.82, 2.24) is 0 Å². The van der Waals surface area contributed by atoms with Crippen LogP contribution < -0.4 is 28.4 Å². The van der Waals surface area contributed by atoms with Crippen molar-refractivity contribution < 1.29 is 28.4 Å². The Morgan fingerprint density at radius 3 is 0.636 bits per heavy atom. The van der Waals surface area contributed by atoms with E-state index in [0.717, 1.165) is 163 Å². The van der Waals surface area contributed by atoms with Gasteiger partial charge in [-0.1, -0.05) is 326 Å². The minimum Gasteiger partial charge on any atom is -0.493 e. The van der Waals surface area contributed by atoms with Crippen molar-refractivity contribution >= 4 is 36.5 Å². The van der Waals surface area contributed by atoms with Crippen LogP contribution in [0, 0.1) is 71.0 Å². The zero-order valence-corrected chi connectivity index (χ0v) is 72.9. The first-order valence-corrected chi connectivity index (χ1v) is 44.1. The van der Waals surface area contributed by atoms with Gasteiger partial charge in [-0.25, -0.2) is 0 Å². The molecule has 6 aromatic rings. The van der Waals surface area contributed by atoms with E-state index in [1.165, 1.54) is 116 Å². The van der Waals surface area contributed by atoms with Gasteiger partial charge in [0.2, 0.25) is 0 Å². The van der Waals surface area contributed by atoms with Gasteiger partial charge in [-0.15, -0.1) is 0 Å². The summed E-state index contributed by atoms with van der Waals surface area (Å²) in [6.45, 7) is 54.7. The first kappa shape index (κ1) is 92.0. The third-order valence-electron chi connectivity index (χ3n) is 22.3. The zero-order valence-electron chi connectivity index (χ0n) is 72.9. The highest BCUT2D eigenvalue weighted by molar-refractivity contribution is 5.87. The molecule has 0 N–H and O–H groups in total. The van der Waals surface area contributed by atoms with Gasteiger partial charge in [0, 0.05) is 18.2 Å². The van der Waals surface area contributed by atoms with Gasteiger partial charge in [-0.2, -0.15) is 0 Å². The molecular weight excluding hydrogens is 1350 g/mol. The number of hydrogen-bond donors (Lipinski definition) is 0. The second-order valence-electron chi connectivity index (χ2n) is 36.1. The molecular formula is C104H154O6. The maximum Gasteiger partial charge on any atom is 0.123 e. The summed E-state index contributed by atoms with van der Waals surface area (Å²) in [5.41, 5.74) is 12.8. The van der Waals surface area contributed by atoms with Crippen molar-refractivity contribution in [2.45, 2.75) is 279 Å². The molecule has 0 aliphatic carbocycles. The summed E-state index contributed by atoms with van der Waals surface area (Å²) in [4.78, 5) is 0. The van der Waals surface area contributed by atoms with Crippen LogP contribution in [0.5, 0.6) is 34.5 Å². The van der Waals surface area contributed by atoms with Gasteiger partial charge in [0.05, 0.1) is 39.6 Å². The smallest absolute Gasteiger partial charge is 0.123 e. The van der Waals surface area contributed by atoms with Crippen LogP contribution >= 0.6 is 0 Å². The average molecular weight is 1500 g/mol. The molecule has 0 aromatic heterocycles. The Morgan fingerprint density at radius 2 is 0.427 bits per heavy atom. The Balaban J connectivity index is 1.43. The molecule has 6 rings (SSSR count). The molecule has 0 spiro atoms. The van der Waals surface area contributed by atoms with E-state index in [-0.39, 0.29) is 0 Å². The predicted molar refractivity (Wildman–Crippen MR) is 481 cm³/mol. The molecule has 6 heteroatoms. The molecule has 0 heterocycles. The van der Waals surface area contributed by atoms with Gasteiger partial charge >= 0.3 is 0 Å². The van der Waals surface area contributed by atoms with Crippen molar-refractivity contribution in [3.05, 3.63) is 156 Å². The summed E-state index contributed by atoms with van der Waals surface area (Å²) < 4.78 is 40.4. The topological polar surface area (TPSA) is 55.4 Å². The number of benzene rings is 6. The van der Waals surface area contributed by atoms with E-state index in [1.807, 2.05) is 12.2 Å². The molecule has 6 unspecified atom stereocenters. The molecule has 6 atom stereocenters. The average Bonchev–Trinajstić information content (AvgIpc) is 0.813. The Bertz CT molecular complexity index is 3500. The van der Waals surface area contributed by atoms with Crippen LogP contribution in [0.2, 0.25) is 0 Å². The highest BCUT2D eigenvalue weighted by Gasteiger charge is 2.18. The maximum absolute atomic E-state index is 6.83. The van der Waals surface area contributed by atoms with Gasteiger partial charge < -0.3 is 28.4 Å². The standard InChI is InChI=1S/C104H154O6/c1-21-90-47-43-87(63-102(90)93-66-96(105-57-51-81(15)35-23-29-75(3)4)72-97(67-93)106-58-52-82(16)36-24-30-76(5)6)41-42-88-45-49-92(104(65-88)95-70-100(109-61-55-85(19)39-27-33-79(11)12)74-101(71-95)110-62-56-86(20)40-28-34-80(13)14)50-46-89-44-48-91(22-2)103(64-89)94-68-98(107-59-53-83(17)37-25-31-77(7)8)73-99(69-94)108-60-54-84(18)38-26-32-78(9)10/h21-22,41-50,63-86H,1-2,23-40,51-62H2,3-20H3/b42-41+,50-46+. The Morgan fingerprint density at radius 1 is 0.227 bits per heavy atom. The van der Waals surface area contributed by atoms with Gasteiger partial charge in [0.15, 0.2) is 0 Å². The minimum atomic E-state index is 0.570. The molecule has 6 nitrogen and oxygen atoms in total. The number of ether oxygens (including phenoxy) is 6. The second-order valence-corrected chi connectivity index (χ2v) is 36.1. The van der Waals surface area contributed by atoms with Gasteiger partial charge in [-0.3, -0.25) is 0 Å². The monoisotopic (exact) mass is 1500 g/mol. The van der Waals surface area contributed by atoms with E-state index in [0.29, 0.717) is 87.0 Å². The predicted octanol–water partition coefficient (Wildman–Crippen LogP) is 31.7. The van der Waals surface area contributed by atoms with Crippen molar-refractivity contribution in [3.63, 3.8) is 0 Å². The lowest BCUT2D eigenvalue weighted by Gasteiger charge is -2.17. The largest absolute Gasteiger partial charge is 0.493 e. The number of rotatable bonds is 57. The molecule has 0 bridgehead atoms. The van der Waals surface area contributed by atoms with E-state index in [1.54, 1.807) is 0 Å². The zero-order chi connectivity index (χ0) is 79.7. The summed E-state index contributed by atoms with van der Waals surface area (Å²) >= 11 is 0. The minimum absolute atomic E-state index is 0.570. The normalized spacial score (nSPS) is 13.6. The third-order valence-corrected chi connectivity index (χ3v) is 22.3. The first-order chi connectivity index (χ1) is 52.8. The molecule has 606 valence electrons. The first-order valence-electron chi connectivity index (χ1n) is 44.1. The molecule has 0 aliphatic rings. The van der Waals surface area contributed by atoms with Crippen LogP contribution in [-0.2, 0) is 0 Å². The second kappa shape index (κ2) is 50.9. The van der Waals surface area contributed by atoms with Crippen molar-refractivity contribution in [2.24, 2.45) is 71.0 Å². The number of hydrogen-bond acceptors (Lipinski definition) is 6. The Labute approximate surface area is 673 Å². The van der Waals surface area contributed by atoms with Crippen molar-refractivity contribution in [1.29, 1.82) is 0 Å². The fourth-order valence-corrected chi connectivity index (χ4v) is 14.7. The Kier molecular flexibility index (Phi) is 42.6. The quantitative estimate of drug-likeness (QED) is 0.0355. The molecule has 0 radical (unpaired) electrons. The van der Waals surface area contributed by atoms with Crippen LogP contribution in [0.15, 0.2) is 122 Å². The summed E-state index contributed by atoms with van der Waals surface area (Å²) in [6.07, 6.45) is 41.4. The lowest BCUT2D eigenvalue weighted by molar-refractivity contribution is 0.264. The van der Waals surface area contributed by atoms with E-state index in [9.17, 15) is 0 Å². The van der Waals surface area contributed by atoms with E-state index < -0.39 is 0 Å². The van der Waals surface area contributed by atoms with Crippen LogP contribution in [0.25, 0.3) is 69.8 Å². The van der Waals surface area contributed by atoms with E-state index >= 15 is 0 Å². The van der Waals surface area contributed by atoms with Crippen LogP contribution in [0.1, 0.15) is 312 Å². The van der Waals surface area contributed by atoms with E-state index in [4.69, 9.17) is 28.4 Å². The summed E-state index contributed by atoms with van der Waals surface area (Å²) in [6, 6.07) is 39.8. The van der Waals surface area contributed by atoms with Crippen molar-refractivity contribution in [3.8, 4) is 67.9 Å². The molecule has 0 fully saturated rings. The summed E-state index contributed by atoms with van der Waals surface area (Å²) in [7, 11) is 0. The third kappa shape index (κ3) is 36.7. The van der Waals surface area contributed by atoms with Gasteiger partial charge in [0.1, 0.15) is 34.5 Å². The van der Waals surface area contributed by atoms with Crippen LogP contribution in [-0.4, -0.2) is 39.6 Å².